The SMILES string of the molecule is CCCC1(CC)OCc2c1cnc(C)c2O. The van der Waals surface area contributed by atoms with Gasteiger partial charge in [-0.15, -0.1) is 0 Å². The summed E-state index contributed by atoms with van der Waals surface area (Å²) in [6, 6.07) is 0. The maximum Gasteiger partial charge on any atom is 0.142 e. The second-order valence-corrected chi connectivity index (χ2v) is 4.47. The first kappa shape index (κ1) is 11.4. The third-order valence-electron chi connectivity index (χ3n) is 3.55. The molecule has 1 aliphatic heterocycles. The lowest BCUT2D eigenvalue weighted by molar-refractivity contribution is -0.0481. The molecule has 0 fully saturated rings. The molecule has 88 valence electrons. The maximum atomic E-state index is 9.97. The molecule has 1 N–H and O–H groups in total. The van der Waals surface area contributed by atoms with Crippen LogP contribution in [0.2, 0.25) is 0 Å². The third-order valence-corrected chi connectivity index (χ3v) is 3.55. The zero-order valence-electron chi connectivity index (χ0n) is 10.2. The highest BCUT2D eigenvalue weighted by molar-refractivity contribution is 5.45. The van der Waals surface area contributed by atoms with Crippen LogP contribution in [0, 0.1) is 6.92 Å². The predicted molar refractivity (Wildman–Crippen MR) is 62.3 cm³/mol. The maximum absolute atomic E-state index is 9.97. The van der Waals surface area contributed by atoms with Crippen molar-refractivity contribution in [1.29, 1.82) is 0 Å². The molecule has 0 saturated heterocycles. The fourth-order valence-corrected chi connectivity index (χ4v) is 2.55. The van der Waals surface area contributed by atoms with E-state index >= 15 is 0 Å². The zero-order chi connectivity index (χ0) is 11.8. The summed E-state index contributed by atoms with van der Waals surface area (Å²) >= 11 is 0. The smallest absolute Gasteiger partial charge is 0.142 e. The second-order valence-electron chi connectivity index (χ2n) is 4.47. The van der Waals surface area contributed by atoms with Gasteiger partial charge in [0.25, 0.3) is 0 Å². The number of ether oxygens (including phenoxy) is 1. The molecular formula is C13H19NO2. The summed E-state index contributed by atoms with van der Waals surface area (Å²) in [5, 5.41) is 9.97. The molecule has 3 heteroatoms. The second kappa shape index (κ2) is 4.06. The lowest BCUT2D eigenvalue weighted by Gasteiger charge is -2.27. The van der Waals surface area contributed by atoms with E-state index in [0.29, 0.717) is 18.1 Å². The first-order valence-corrected chi connectivity index (χ1v) is 5.96. The lowest BCUT2D eigenvalue weighted by Crippen LogP contribution is -2.24. The molecule has 1 atom stereocenters. The minimum Gasteiger partial charge on any atom is -0.506 e. The topological polar surface area (TPSA) is 42.4 Å². The first-order chi connectivity index (χ1) is 7.64. The third kappa shape index (κ3) is 1.50. The highest BCUT2D eigenvalue weighted by Crippen LogP contribution is 2.45. The van der Waals surface area contributed by atoms with Gasteiger partial charge in [0, 0.05) is 17.3 Å². The van der Waals surface area contributed by atoms with Gasteiger partial charge < -0.3 is 9.84 Å². The Morgan fingerprint density at radius 1 is 1.50 bits per heavy atom. The largest absolute Gasteiger partial charge is 0.506 e. The number of hydrogen-bond acceptors (Lipinski definition) is 3. The van der Waals surface area contributed by atoms with Crippen LogP contribution >= 0.6 is 0 Å². The van der Waals surface area contributed by atoms with Crippen molar-refractivity contribution in [1.82, 2.24) is 4.98 Å². The molecular weight excluding hydrogens is 202 g/mol. The first-order valence-electron chi connectivity index (χ1n) is 5.96. The molecule has 16 heavy (non-hydrogen) atoms. The van der Waals surface area contributed by atoms with Gasteiger partial charge in [0.1, 0.15) is 5.75 Å². The fourth-order valence-electron chi connectivity index (χ4n) is 2.55. The van der Waals surface area contributed by atoms with Gasteiger partial charge in [-0.05, 0) is 19.8 Å². The molecule has 0 aliphatic carbocycles. The van der Waals surface area contributed by atoms with E-state index in [2.05, 4.69) is 18.8 Å². The van der Waals surface area contributed by atoms with E-state index in [-0.39, 0.29) is 5.60 Å². The van der Waals surface area contributed by atoms with Crippen molar-refractivity contribution in [3.05, 3.63) is 23.0 Å². The Morgan fingerprint density at radius 3 is 2.88 bits per heavy atom. The molecule has 2 rings (SSSR count). The Hall–Kier alpha value is -1.09. The van der Waals surface area contributed by atoms with Gasteiger partial charge in [0.2, 0.25) is 0 Å². The van der Waals surface area contributed by atoms with E-state index in [1.54, 1.807) is 0 Å². The molecule has 1 aromatic rings. The predicted octanol–water partition coefficient (Wildman–Crippen LogP) is 3.03. The number of aromatic nitrogens is 1. The van der Waals surface area contributed by atoms with Gasteiger partial charge in [-0.25, -0.2) is 0 Å². The number of hydrogen-bond donors (Lipinski definition) is 1. The number of fused-ring (bicyclic) bond motifs is 1. The molecule has 0 radical (unpaired) electrons. The van der Waals surface area contributed by atoms with Crippen LogP contribution in [0.15, 0.2) is 6.20 Å². The van der Waals surface area contributed by atoms with Gasteiger partial charge >= 0.3 is 0 Å². The normalized spacial score (nSPS) is 23.4. The molecule has 0 aromatic carbocycles. The van der Waals surface area contributed by atoms with Crippen LogP contribution in [0.25, 0.3) is 0 Å². The summed E-state index contributed by atoms with van der Waals surface area (Å²) in [5.41, 5.74) is 2.48. The van der Waals surface area contributed by atoms with E-state index < -0.39 is 0 Å². The minimum atomic E-state index is -0.220. The van der Waals surface area contributed by atoms with Gasteiger partial charge in [0.15, 0.2) is 0 Å². The Bertz CT molecular complexity index is 403. The quantitative estimate of drug-likeness (QED) is 0.853. The van der Waals surface area contributed by atoms with Gasteiger partial charge in [0.05, 0.1) is 17.9 Å². The summed E-state index contributed by atoms with van der Waals surface area (Å²) in [6.45, 7) is 6.61. The summed E-state index contributed by atoms with van der Waals surface area (Å²) in [5.74, 6) is 0.309. The van der Waals surface area contributed by atoms with Crippen molar-refractivity contribution in [3.8, 4) is 5.75 Å². The van der Waals surface area contributed by atoms with Crippen molar-refractivity contribution in [2.75, 3.05) is 0 Å². The number of pyridine rings is 1. The van der Waals surface area contributed by atoms with Crippen LogP contribution in [0.4, 0.5) is 0 Å². The molecule has 1 unspecified atom stereocenters. The van der Waals surface area contributed by atoms with Crippen LogP contribution in [-0.4, -0.2) is 10.1 Å². The Kier molecular flexibility index (Phi) is 2.89. The van der Waals surface area contributed by atoms with Gasteiger partial charge in [-0.1, -0.05) is 20.3 Å². The van der Waals surface area contributed by atoms with Crippen molar-refractivity contribution in [2.24, 2.45) is 0 Å². The summed E-state index contributed by atoms with van der Waals surface area (Å²) in [6.07, 6.45) is 4.86. The Morgan fingerprint density at radius 2 is 2.25 bits per heavy atom. The van der Waals surface area contributed by atoms with E-state index in [1.165, 1.54) is 0 Å². The molecule has 0 spiro atoms. The number of rotatable bonds is 3. The van der Waals surface area contributed by atoms with Gasteiger partial charge in [-0.3, -0.25) is 4.98 Å². The monoisotopic (exact) mass is 221 g/mol. The molecule has 2 heterocycles. The molecule has 0 bridgehead atoms. The van der Waals surface area contributed by atoms with E-state index in [4.69, 9.17) is 4.74 Å². The summed E-state index contributed by atoms with van der Waals surface area (Å²) in [7, 11) is 0. The van der Waals surface area contributed by atoms with Crippen molar-refractivity contribution in [2.45, 2.75) is 52.2 Å². The standard InChI is InChI=1S/C13H19NO2/c1-4-6-13(5-2)11-7-14-9(3)12(15)10(11)8-16-13/h7,15H,4-6,8H2,1-3H3. The average molecular weight is 221 g/mol. The molecule has 0 saturated carbocycles. The minimum absolute atomic E-state index is 0.220. The van der Waals surface area contributed by atoms with Gasteiger partial charge in [-0.2, -0.15) is 0 Å². The molecule has 0 amide bonds. The summed E-state index contributed by atoms with van der Waals surface area (Å²) in [4.78, 5) is 4.25. The molecule has 1 aromatic heterocycles. The zero-order valence-corrected chi connectivity index (χ0v) is 10.2. The van der Waals surface area contributed by atoms with Crippen LogP contribution < -0.4 is 0 Å². The van der Waals surface area contributed by atoms with Crippen molar-refractivity contribution < 1.29 is 9.84 Å². The average Bonchev–Trinajstić information content (AvgIpc) is 2.65. The fraction of sp³-hybridized carbons (Fsp3) is 0.615. The molecule has 3 nitrogen and oxygen atoms in total. The molecule has 1 aliphatic rings. The van der Waals surface area contributed by atoms with Crippen LogP contribution in [0.3, 0.4) is 0 Å². The number of nitrogens with zero attached hydrogens (tertiary/aromatic N) is 1. The van der Waals surface area contributed by atoms with Crippen LogP contribution in [0.5, 0.6) is 5.75 Å². The highest BCUT2D eigenvalue weighted by atomic mass is 16.5. The highest BCUT2D eigenvalue weighted by Gasteiger charge is 2.39. The number of aromatic hydroxyl groups is 1. The van der Waals surface area contributed by atoms with E-state index in [0.717, 1.165) is 30.4 Å². The Balaban J connectivity index is 2.50. The van der Waals surface area contributed by atoms with E-state index in [1.807, 2.05) is 13.1 Å². The van der Waals surface area contributed by atoms with Crippen LogP contribution in [0.1, 0.15) is 49.9 Å². The number of aryl methyl sites for hydroxylation is 1. The van der Waals surface area contributed by atoms with Crippen LogP contribution in [-0.2, 0) is 16.9 Å². The lowest BCUT2D eigenvalue weighted by atomic mass is 9.87. The summed E-state index contributed by atoms with van der Waals surface area (Å²) < 4.78 is 5.94. The van der Waals surface area contributed by atoms with Crippen molar-refractivity contribution in [3.63, 3.8) is 0 Å². The Labute approximate surface area is 96.5 Å². The van der Waals surface area contributed by atoms with Crippen molar-refractivity contribution >= 4 is 0 Å². The van der Waals surface area contributed by atoms with E-state index in [9.17, 15) is 5.11 Å².